The lowest BCUT2D eigenvalue weighted by molar-refractivity contribution is -0.148. The van der Waals surface area contributed by atoms with E-state index in [2.05, 4.69) is 10.3 Å². The van der Waals surface area contributed by atoms with Gasteiger partial charge in [-0.1, -0.05) is 6.07 Å². The number of hydrogen-bond acceptors (Lipinski definition) is 3. The Kier molecular flexibility index (Phi) is 5.45. The number of alkyl halides is 3. The Hall–Kier alpha value is -1.30. The molecule has 0 aliphatic carbocycles. The van der Waals surface area contributed by atoms with E-state index in [4.69, 9.17) is 0 Å². The van der Waals surface area contributed by atoms with Gasteiger partial charge in [0.1, 0.15) is 5.82 Å². The molecule has 2 heterocycles. The molecule has 3 nitrogen and oxygen atoms in total. The molecular formula is C15H22F3N3. The van der Waals surface area contributed by atoms with Gasteiger partial charge in [-0.05, 0) is 57.3 Å². The molecule has 0 spiro atoms. The van der Waals surface area contributed by atoms with Gasteiger partial charge in [0.25, 0.3) is 0 Å². The van der Waals surface area contributed by atoms with Crippen LogP contribution in [-0.4, -0.2) is 42.2 Å². The summed E-state index contributed by atoms with van der Waals surface area (Å²) in [6.07, 6.45) is -1.40. The monoisotopic (exact) mass is 301 g/mol. The van der Waals surface area contributed by atoms with E-state index in [-0.39, 0.29) is 0 Å². The molecule has 1 aromatic heterocycles. The molecular weight excluding hydrogens is 279 g/mol. The Morgan fingerprint density at radius 3 is 2.62 bits per heavy atom. The van der Waals surface area contributed by atoms with Crippen LogP contribution < -0.4 is 5.32 Å². The van der Waals surface area contributed by atoms with E-state index in [9.17, 15) is 13.2 Å². The fourth-order valence-electron chi connectivity index (χ4n) is 2.73. The van der Waals surface area contributed by atoms with Crippen LogP contribution >= 0.6 is 0 Å². The summed E-state index contributed by atoms with van der Waals surface area (Å²) >= 11 is 0. The molecule has 0 saturated carbocycles. The first-order valence-corrected chi connectivity index (χ1v) is 7.39. The number of piperidine rings is 1. The number of anilines is 1. The van der Waals surface area contributed by atoms with Crippen molar-refractivity contribution in [2.75, 3.05) is 31.5 Å². The van der Waals surface area contributed by atoms with Gasteiger partial charge < -0.3 is 5.32 Å². The summed E-state index contributed by atoms with van der Waals surface area (Å²) in [4.78, 5) is 5.87. The second-order valence-corrected chi connectivity index (χ2v) is 5.71. The van der Waals surface area contributed by atoms with Crippen molar-refractivity contribution in [2.45, 2.75) is 32.4 Å². The normalized spacial score (nSPS) is 17.9. The zero-order valence-corrected chi connectivity index (χ0v) is 12.3. The van der Waals surface area contributed by atoms with Gasteiger partial charge in [-0.15, -0.1) is 0 Å². The molecule has 1 aliphatic rings. The first kappa shape index (κ1) is 16.1. The number of aryl methyl sites for hydroxylation is 1. The molecule has 0 bridgehead atoms. The average molecular weight is 301 g/mol. The lowest BCUT2D eigenvalue weighted by Crippen LogP contribution is -2.40. The van der Waals surface area contributed by atoms with E-state index >= 15 is 0 Å². The highest BCUT2D eigenvalue weighted by Crippen LogP contribution is 2.24. The highest BCUT2D eigenvalue weighted by Gasteiger charge is 2.32. The minimum atomic E-state index is -4.08. The fourth-order valence-corrected chi connectivity index (χ4v) is 2.73. The molecule has 6 heteroatoms. The van der Waals surface area contributed by atoms with Gasteiger partial charge in [-0.2, -0.15) is 13.2 Å². The van der Waals surface area contributed by atoms with Crippen molar-refractivity contribution >= 4 is 5.82 Å². The quantitative estimate of drug-likeness (QED) is 0.902. The number of aromatic nitrogens is 1. The maximum Gasteiger partial charge on any atom is 0.401 e. The summed E-state index contributed by atoms with van der Waals surface area (Å²) in [5.74, 6) is 1.37. The van der Waals surface area contributed by atoms with Crippen LogP contribution in [0, 0.1) is 12.8 Å². The first-order chi connectivity index (χ1) is 9.92. The van der Waals surface area contributed by atoms with Gasteiger partial charge in [0.05, 0.1) is 6.54 Å². The van der Waals surface area contributed by atoms with E-state index in [1.165, 1.54) is 4.90 Å². The summed E-state index contributed by atoms with van der Waals surface area (Å²) in [6, 6.07) is 5.83. The average Bonchev–Trinajstić information content (AvgIpc) is 2.39. The number of halogens is 3. The van der Waals surface area contributed by atoms with Crippen molar-refractivity contribution in [3.05, 3.63) is 23.9 Å². The minimum absolute atomic E-state index is 0.506. The highest BCUT2D eigenvalue weighted by atomic mass is 19.4. The number of hydrogen-bond donors (Lipinski definition) is 1. The Morgan fingerprint density at radius 2 is 2.00 bits per heavy atom. The Morgan fingerprint density at radius 1 is 1.29 bits per heavy atom. The maximum absolute atomic E-state index is 12.3. The smallest absolute Gasteiger partial charge is 0.370 e. The summed E-state index contributed by atoms with van der Waals surface area (Å²) in [6.45, 7) is 3.09. The minimum Gasteiger partial charge on any atom is -0.370 e. The second kappa shape index (κ2) is 7.11. The second-order valence-electron chi connectivity index (χ2n) is 5.71. The van der Waals surface area contributed by atoms with Gasteiger partial charge >= 0.3 is 6.18 Å². The third-order valence-corrected chi connectivity index (χ3v) is 3.86. The Labute approximate surface area is 123 Å². The van der Waals surface area contributed by atoms with E-state index in [0.717, 1.165) is 37.3 Å². The molecule has 118 valence electrons. The third-order valence-electron chi connectivity index (χ3n) is 3.86. The molecule has 1 aromatic rings. The summed E-state index contributed by atoms with van der Waals surface area (Å²) in [7, 11) is 0. The number of likely N-dealkylation sites (tertiary alicyclic amines) is 1. The molecule has 0 amide bonds. The first-order valence-electron chi connectivity index (χ1n) is 7.39. The summed E-state index contributed by atoms with van der Waals surface area (Å²) in [5, 5.41) is 3.28. The third kappa shape index (κ3) is 5.91. The Bertz CT molecular complexity index is 440. The van der Waals surface area contributed by atoms with Gasteiger partial charge in [-0.3, -0.25) is 4.90 Å². The van der Waals surface area contributed by atoms with E-state index in [1.54, 1.807) is 0 Å². The topological polar surface area (TPSA) is 28.2 Å². The zero-order valence-electron chi connectivity index (χ0n) is 12.3. The van der Waals surface area contributed by atoms with Crippen molar-refractivity contribution in [2.24, 2.45) is 5.92 Å². The molecule has 1 fully saturated rings. The number of pyridine rings is 1. The molecule has 0 radical (unpaired) electrons. The van der Waals surface area contributed by atoms with E-state index < -0.39 is 12.7 Å². The van der Waals surface area contributed by atoms with Crippen LogP contribution in [0.4, 0.5) is 19.0 Å². The van der Waals surface area contributed by atoms with Crippen molar-refractivity contribution in [1.29, 1.82) is 0 Å². The van der Waals surface area contributed by atoms with Gasteiger partial charge in [0, 0.05) is 12.2 Å². The Balaban J connectivity index is 1.65. The summed E-state index contributed by atoms with van der Waals surface area (Å²) < 4.78 is 36.9. The van der Waals surface area contributed by atoms with Crippen molar-refractivity contribution < 1.29 is 13.2 Å². The number of nitrogens with one attached hydrogen (secondary N) is 1. The molecule has 1 saturated heterocycles. The molecule has 0 aromatic carbocycles. The molecule has 2 rings (SSSR count). The van der Waals surface area contributed by atoms with Gasteiger partial charge in [-0.25, -0.2) is 4.98 Å². The number of rotatable bonds is 5. The van der Waals surface area contributed by atoms with Crippen LogP contribution in [0.15, 0.2) is 18.2 Å². The van der Waals surface area contributed by atoms with Crippen molar-refractivity contribution in [3.63, 3.8) is 0 Å². The highest BCUT2D eigenvalue weighted by molar-refractivity contribution is 5.34. The van der Waals surface area contributed by atoms with Gasteiger partial charge in [0.15, 0.2) is 0 Å². The zero-order chi connectivity index (χ0) is 15.3. The maximum atomic E-state index is 12.3. The van der Waals surface area contributed by atoms with Crippen LogP contribution in [0.2, 0.25) is 0 Å². The fraction of sp³-hybridized carbons (Fsp3) is 0.667. The van der Waals surface area contributed by atoms with Crippen molar-refractivity contribution in [3.8, 4) is 0 Å². The molecule has 21 heavy (non-hydrogen) atoms. The van der Waals surface area contributed by atoms with Crippen LogP contribution in [0.25, 0.3) is 0 Å². The van der Waals surface area contributed by atoms with Crippen LogP contribution in [0.1, 0.15) is 25.0 Å². The molecule has 0 unspecified atom stereocenters. The van der Waals surface area contributed by atoms with Gasteiger partial charge in [0.2, 0.25) is 0 Å². The molecule has 0 atom stereocenters. The summed E-state index contributed by atoms with van der Waals surface area (Å²) in [5.41, 5.74) is 0.973. The van der Waals surface area contributed by atoms with E-state index in [1.807, 2.05) is 25.1 Å². The molecule has 1 aliphatic heterocycles. The predicted octanol–water partition coefficient (Wildman–Crippen LogP) is 3.47. The van der Waals surface area contributed by atoms with Crippen LogP contribution in [0.3, 0.4) is 0 Å². The molecule has 1 N–H and O–H groups in total. The SMILES string of the molecule is Cc1cccc(NCCC2CCN(CC(F)(F)F)CC2)n1. The number of nitrogens with zero attached hydrogens (tertiary/aromatic N) is 2. The largest absolute Gasteiger partial charge is 0.401 e. The predicted molar refractivity (Wildman–Crippen MR) is 77.3 cm³/mol. The van der Waals surface area contributed by atoms with E-state index in [0.29, 0.717) is 19.0 Å². The lowest BCUT2D eigenvalue weighted by Gasteiger charge is -2.32. The van der Waals surface area contributed by atoms with Crippen LogP contribution in [0.5, 0.6) is 0 Å². The van der Waals surface area contributed by atoms with Crippen molar-refractivity contribution in [1.82, 2.24) is 9.88 Å². The lowest BCUT2D eigenvalue weighted by atomic mass is 9.93. The standard InChI is InChI=1S/C15H22F3N3/c1-12-3-2-4-14(20-12)19-8-5-13-6-9-21(10-7-13)11-15(16,17)18/h2-4,13H,5-11H2,1H3,(H,19,20). The van der Waals surface area contributed by atoms with Crippen LogP contribution in [-0.2, 0) is 0 Å².